The van der Waals surface area contributed by atoms with Crippen LogP contribution in [-0.4, -0.2) is 81.5 Å². The molecule has 6 fully saturated rings. The van der Waals surface area contributed by atoms with Gasteiger partial charge in [0.25, 0.3) is 0 Å². The molecule has 316 valence electrons. The highest BCUT2D eigenvalue weighted by molar-refractivity contribution is 5.88. The summed E-state index contributed by atoms with van der Waals surface area (Å²) in [6.07, 6.45) is 9.55. The fourth-order valence-electron chi connectivity index (χ4n) is 13.0. The van der Waals surface area contributed by atoms with Gasteiger partial charge in [0.1, 0.15) is 29.5 Å². The highest BCUT2D eigenvalue weighted by Crippen LogP contribution is 2.71. The van der Waals surface area contributed by atoms with Gasteiger partial charge in [0.15, 0.2) is 12.2 Å². The number of benzene rings is 2. The molecule has 0 aromatic heterocycles. The maximum absolute atomic E-state index is 13.8. The largest absolute Gasteiger partial charge is 0.457 e. The van der Waals surface area contributed by atoms with Crippen LogP contribution in [0.5, 0.6) is 0 Å². The van der Waals surface area contributed by atoms with Crippen LogP contribution >= 0.6 is 0 Å². The van der Waals surface area contributed by atoms with Gasteiger partial charge in [-0.25, -0.2) is 14.4 Å². The number of aliphatic hydroxyl groups excluding tert-OH is 2. The van der Waals surface area contributed by atoms with Crippen molar-refractivity contribution in [3.63, 3.8) is 0 Å². The van der Waals surface area contributed by atoms with Crippen LogP contribution < -0.4 is 0 Å². The SMILES string of the molecule is CC1=C2C(CC1)C1(C)OC(C3CC3C3CC4C(=C3C)C(OC(=O)/C=C/c3ccccc3)C3(C5CC5)CC(OC(=O)CO)C4(C)O3)(CC1O)C2OC(=O)/C=C/c1ccccc1. The minimum Gasteiger partial charge on any atom is -0.457 e. The Bertz CT molecular complexity index is 2210. The second kappa shape index (κ2) is 14.4. The normalized spacial score (nSPS) is 41.2. The average Bonchev–Trinajstić information content (AvgIpc) is 4.15. The van der Waals surface area contributed by atoms with Gasteiger partial charge in [-0.2, -0.15) is 0 Å². The van der Waals surface area contributed by atoms with Crippen LogP contribution in [0.1, 0.15) is 90.2 Å². The van der Waals surface area contributed by atoms with Crippen LogP contribution in [0.25, 0.3) is 12.2 Å². The number of hydrogen-bond acceptors (Lipinski definition) is 10. The number of hydrogen-bond donors (Lipinski definition) is 2. The Balaban J connectivity index is 1.00. The van der Waals surface area contributed by atoms with E-state index in [1.54, 1.807) is 12.2 Å². The minimum absolute atomic E-state index is 0.0199. The summed E-state index contributed by atoms with van der Waals surface area (Å²) >= 11 is 0. The number of esters is 3. The highest BCUT2D eigenvalue weighted by Gasteiger charge is 2.77. The van der Waals surface area contributed by atoms with Crippen molar-refractivity contribution >= 4 is 30.1 Å². The van der Waals surface area contributed by atoms with Gasteiger partial charge in [-0.3, -0.25) is 0 Å². The predicted octanol–water partition coefficient (Wildman–Crippen LogP) is 7.09. The van der Waals surface area contributed by atoms with Crippen LogP contribution in [0.2, 0.25) is 0 Å². The second-order valence-corrected chi connectivity index (χ2v) is 19.3. The van der Waals surface area contributed by atoms with Crippen molar-refractivity contribution in [1.82, 2.24) is 0 Å². The maximum Gasteiger partial charge on any atom is 0.332 e. The molecule has 2 aromatic carbocycles. The van der Waals surface area contributed by atoms with E-state index in [0.717, 1.165) is 60.0 Å². The number of carbonyl (C=O) groups is 3. The molecule has 2 N–H and O–H groups in total. The van der Waals surface area contributed by atoms with Crippen molar-refractivity contribution in [2.75, 3.05) is 6.61 Å². The summed E-state index contributed by atoms with van der Waals surface area (Å²) in [4.78, 5) is 40.4. The molecule has 8 aliphatic rings. The van der Waals surface area contributed by atoms with Crippen molar-refractivity contribution in [2.24, 2.45) is 35.5 Å². The monoisotopic (exact) mass is 816 g/mol. The van der Waals surface area contributed by atoms with E-state index in [2.05, 4.69) is 13.8 Å². The fourth-order valence-corrected chi connectivity index (χ4v) is 13.0. The lowest BCUT2D eigenvalue weighted by Crippen LogP contribution is -2.58. The maximum atomic E-state index is 13.8. The topological polar surface area (TPSA) is 138 Å². The molecule has 13 atom stereocenters. The molecule has 10 heteroatoms. The second-order valence-electron chi connectivity index (χ2n) is 19.3. The molecule has 2 saturated carbocycles. The number of allylic oxidation sites excluding steroid dienone is 2. The number of rotatable bonds is 11. The van der Waals surface area contributed by atoms with E-state index in [0.29, 0.717) is 19.3 Å². The fraction of sp³-hybridized carbons (Fsp3) is 0.540. The van der Waals surface area contributed by atoms with Crippen LogP contribution in [0, 0.1) is 35.5 Å². The lowest BCUT2D eigenvalue weighted by Gasteiger charge is -2.49. The Hall–Kier alpha value is -4.35. The molecule has 10 nitrogen and oxygen atoms in total. The first-order chi connectivity index (χ1) is 28.8. The summed E-state index contributed by atoms with van der Waals surface area (Å²) in [5.74, 6) is -1.60. The van der Waals surface area contributed by atoms with E-state index < -0.39 is 71.3 Å². The van der Waals surface area contributed by atoms with Crippen molar-refractivity contribution < 1.29 is 48.3 Å². The van der Waals surface area contributed by atoms with Gasteiger partial charge in [0.2, 0.25) is 0 Å². The Kier molecular flexibility index (Phi) is 9.52. The molecule has 0 spiro atoms. The highest BCUT2D eigenvalue weighted by atomic mass is 16.6. The van der Waals surface area contributed by atoms with Crippen molar-refractivity contribution in [3.05, 3.63) is 106 Å². The number of ether oxygens (including phenoxy) is 5. The third kappa shape index (κ3) is 6.14. The number of fused-ring (bicyclic) bond motifs is 8. The van der Waals surface area contributed by atoms with Crippen LogP contribution in [0.4, 0.5) is 0 Å². The van der Waals surface area contributed by atoms with Gasteiger partial charge >= 0.3 is 17.9 Å². The first kappa shape index (κ1) is 39.8. The number of carbonyl (C=O) groups excluding carboxylic acids is 3. The first-order valence-corrected chi connectivity index (χ1v) is 22.0. The molecule has 0 radical (unpaired) electrons. The molecular weight excluding hydrogens is 761 g/mol. The van der Waals surface area contributed by atoms with Gasteiger partial charge < -0.3 is 33.9 Å². The quantitative estimate of drug-likeness (QED) is 0.105. The standard InChI is InChI=1S/C50H56O10/c1-28-15-20-35-43(28)45(57-40(53)21-16-30-11-7-5-8-12-30)50(25-38(52)47(35,3)59-50)36-24-34(36)33-23-37-44(29(33)2)46(58-41(54)22-17-31-13-9-6-10-14-31)49(32-18-19-32)26-39(48(37,4)60-49)56-42(55)27-51/h5-14,16-17,21-22,32-39,45-46,51-52H,15,18-20,23-27H2,1-4H3/b21-16+,22-17+. The lowest BCUT2D eigenvalue weighted by atomic mass is 9.75. The van der Waals surface area contributed by atoms with Gasteiger partial charge in [0.05, 0.1) is 11.7 Å². The molecule has 4 heterocycles. The zero-order valence-electron chi connectivity index (χ0n) is 34.9. The van der Waals surface area contributed by atoms with Gasteiger partial charge in [-0.05, 0) is 124 Å². The van der Waals surface area contributed by atoms with Gasteiger partial charge in [0, 0.05) is 36.8 Å². The van der Waals surface area contributed by atoms with Gasteiger partial charge in [-0.15, -0.1) is 0 Å². The molecule has 2 aromatic rings. The van der Waals surface area contributed by atoms with Crippen LogP contribution in [0.3, 0.4) is 0 Å². The minimum atomic E-state index is -0.923. The zero-order chi connectivity index (χ0) is 41.8. The summed E-state index contributed by atoms with van der Waals surface area (Å²) in [5, 5.41) is 21.7. The third-order valence-electron chi connectivity index (χ3n) is 16.1. The Morgan fingerprint density at radius 3 is 1.95 bits per heavy atom. The smallest absolute Gasteiger partial charge is 0.332 e. The van der Waals surface area contributed by atoms with E-state index in [-0.39, 0.29) is 35.5 Å². The first-order valence-electron chi connectivity index (χ1n) is 22.0. The summed E-state index contributed by atoms with van der Waals surface area (Å²) < 4.78 is 33.6. The predicted molar refractivity (Wildman–Crippen MR) is 221 cm³/mol. The molecule has 4 aliphatic carbocycles. The molecule has 4 aliphatic heterocycles. The van der Waals surface area contributed by atoms with Crippen LogP contribution in [0.15, 0.2) is 95.1 Å². The summed E-state index contributed by atoms with van der Waals surface area (Å²) in [6, 6.07) is 19.3. The van der Waals surface area contributed by atoms with E-state index in [9.17, 15) is 24.6 Å². The molecule has 4 bridgehead atoms. The number of aliphatic hydroxyl groups is 2. The van der Waals surface area contributed by atoms with Gasteiger partial charge in [-0.1, -0.05) is 71.8 Å². The lowest BCUT2D eigenvalue weighted by molar-refractivity contribution is -0.218. The zero-order valence-corrected chi connectivity index (χ0v) is 34.9. The third-order valence-corrected chi connectivity index (χ3v) is 16.1. The molecule has 4 saturated heterocycles. The average molecular weight is 817 g/mol. The Morgan fingerprint density at radius 2 is 1.35 bits per heavy atom. The van der Waals surface area contributed by atoms with E-state index in [4.69, 9.17) is 23.7 Å². The molecular formula is C50H56O10. The summed E-state index contributed by atoms with van der Waals surface area (Å²) in [6.45, 7) is 7.63. The Morgan fingerprint density at radius 1 is 0.750 bits per heavy atom. The molecule has 60 heavy (non-hydrogen) atoms. The molecule has 10 rings (SSSR count). The summed E-state index contributed by atoms with van der Waals surface area (Å²) in [5.41, 5.74) is 2.80. The molecule has 13 unspecified atom stereocenters. The van der Waals surface area contributed by atoms with Crippen LogP contribution in [-0.2, 0) is 38.1 Å². The van der Waals surface area contributed by atoms with Crippen molar-refractivity contribution in [3.8, 4) is 0 Å². The van der Waals surface area contributed by atoms with Crippen molar-refractivity contribution in [2.45, 2.75) is 126 Å². The van der Waals surface area contributed by atoms with E-state index >= 15 is 0 Å². The summed E-state index contributed by atoms with van der Waals surface area (Å²) in [7, 11) is 0. The van der Waals surface area contributed by atoms with Crippen molar-refractivity contribution in [1.29, 1.82) is 0 Å². The molecule has 0 amide bonds. The Labute approximate surface area is 351 Å². The van der Waals surface area contributed by atoms with E-state index in [1.165, 1.54) is 17.7 Å². The van der Waals surface area contributed by atoms with E-state index in [1.807, 2.05) is 74.5 Å².